The van der Waals surface area contributed by atoms with E-state index in [0.29, 0.717) is 0 Å². The van der Waals surface area contributed by atoms with Gasteiger partial charge in [0, 0.05) is 11.5 Å². The minimum Gasteiger partial charge on any atom is -0.428 e. The monoisotopic (exact) mass is 230 g/mol. The molecule has 0 atom stereocenters. The lowest BCUT2D eigenvalue weighted by atomic mass is 10.0. The molecule has 2 aromatic rings. The number of benzene rings is 1. The van der Waals surface area contributed by atoms with E-state index in [4.69, 9.17) is 10.2 Å². The van der Waals surface area contributed by atoms with Gasteiger partial charge in [-0.3, -0.25) is 0 Å². The van der Waals surface area contributed by atoms with E-state index in [2.05, 4.69) is 50.9 Å². The van der Waals surface area contributed by atoms with Crippen molar-refractivity contribution in [2.75, 3.05) is 5.73 Å². The van der Waals surface area contributed by atoms with Gasteiger partial charge in [0.25, 0.3) is 6.01 Å². The normalized spacial score (nSPS) is 11.1. The lowest BCUT2D eigenvalue weighted by molar-refractivity contribution is 0.500. The Bertz CT molecular complexity index is 541. The number of hydrogen-bond donors (Lipinski definition) is 1. The Hall–Kier alpha value is -1.77. The van der Waals surface area contributed by atoms with Gasteiger partial charge < -0.3 is 10.2 Å². The maximum atomic E-state index is 5.64. The molecule has 0 saturated heterocycles. The van der Waals surface area contributed by atoms with E-state index in [9.17, 15) is 0 Å². The lowest BCUT2D eigenvalue weighted by Gasteiger charge is -2.06. The predicted octanol–water partition coefficient (Wildman–Crippen LogP) is 3.66. The van der Waals surface area contributed by atoms with Crippen molar-refractivity contribution in [1.82, 2.24) is 4.98 Å². The second kappa shape index (κ2) is 4.24. The van der Waals surface area contributed by atoms with Crippen LogP contribution < -0.4 is 5.73 Å². The van der Waals surface area contributed by atoms with Crippen LogP contribution in [0, 0.1) is 13.8 Å². The fourth-order valence-electron chi connectivity index (χ4n) is 1.84. The number of anilines is 1. The molecular weight excluding hydrogens is 212 g/mol. The number of nitrogens with two attached hydrogens (primary N) is 1. The highest BCUT2D eigenvalue weighted by Gasteiger charge is 2.16. The molecule has 3 nitrogen and oxygen atoms in total. The Morgan fingerprint density at radius 3 is 2.47 bits per heavy atom. The SMILES string of the molecule is Cc1ccc(-c2nc(N)oc2C(C)C)cc1C. The molecule has 0 aliphatic rings. The Balaban J connectivity index is 2.55. The third-order valence-corrected chi connectivity index (χ3v) is 2.97. The second-order valence-corrected chi connectivity index (χ2v) is 4.72. The van der Waals surface area contributed by atoms with Crippen LogP contribution >= 0.6 is 0 Å². The topological polar surface area (TPSA) is 52.0 Å². The second-order valence-electron chi connectivity index (χ2n) is 4.72. The van der Waals surface area contributed by atoms with E-state index in [1.165, 1.54) is 11.1 Å². The van der Waals surface area contributed by atoms with Crippen molar-refractivity contribution in [1.29, 1.82) is 0 Å². The van der Waals surface area contributed by atoms with Crippen LogP contribution in [0.1, 0.15) is 36.7 Å². The maximum absolute atomic E-state index is 5.64. The smallest absolute Gasteiger partial charge is 0.292 e. The Kier molecular flexibility index (Phi) is 2.92. The molecule has 2 rings (SSSR count). The minimum atomic E-state index is 0.238. The molecular formula is C14H18N2O. The van der Waals surface area contributed by atoms with Crippen LogP contribution in [0.2, 0.25) is 0 Å². The van der Waals surface area contributed by atoms with Crippen LogP contribution in [0.25, 0.3) is 11.3 Å². The highest BCUT2D eigenvalue weighted by molar-refractivity contribution is 5.64. The van der Waals surface area contributed by atoms with Gasteiger partial charge in [-0.05, 0) is 31.0 Å². The van der Waals surface area contributed by atoms with Crippen LogP contribution in [-0.4, -0.2) is 4.98 Å². The van der Waals surface area contributed by atoms with E-state index >= 15 is 0 Å². The summed E-state index contributed by atoms with van der Waals surface area (Å²) in [4.78, 5) is 4.28. The zero-order valence-corrected chi connectivity index (χ0v) is 10.7. The molecule has 0 unspecified atom stereocenters. The fourth-order valence-corrected chi connectivity index (χ4v) is 1.84. The van der Waals surface area contributed by atoms with Gasteiger partial charge in [0.1, 0.15) is 11.5 Å². The van der Waals surface area contributed by atoms with E-state index < -0.39 is 0 Å². The molecule has 0 fully saturated rings. The summed E-state index contributed by atoms with van der Waals surface area (Å²) in [6.45, 7) is 8.34. The summed E-state index contributed by atoms with van der Waals surface area (Å²) in [7, 11) is 0. The van der Waals surface area contributed by atoms with E-state index in [-0.39, 0.29) is 11.9 Å². The average molecular weight is 230 g/mol. The molecule has 1 aromatic carbocycles. The van der Waals surface area contributed by atoms with Crippen molar-refractivity contribution >= 4 is 6.01 Å². The first-order chi connectivity index (χ1) is 7.99. The molecule has 3 heteroatoms. The summed E-state index contributed by atoms with van der Waals surface area (Å²) in [5.74, 6) is 1.13. The van der Waals surface area contributed by atoms with Crippen molar-refractivity contribution in [2.45, 2.75) is 33.6 Å². The summed E-state index contributed by atoms with van der Waals surface area (Å²) < 4.78 is 5.47. The van der Waals surface area contributed by atoms with Crippen molar-refractivity contribution < 1.29 is 4.42 Å². The largest absolute Gasteiger partial charge is 0.428 e. The highest BCUT2D eigenvalue weighted by atomic mass is 16.4. The molecule has 0 bridgehead atoms. The van der Waals surface area contributed by atoms with Gasteiger partial charge in [-0.1, -0.05) is 26.0 Å². The van der Waals surface area contributed by atoms with Crippen molar-refractivity contribution in [3.05, 3.63) is 35.1 Å². The predicted molar refractivity (Wildman–Crippen MR) is 69.9 cm³/mol. The Labute approximate surface area is 102 Å². The molecule has 0 spiro atoms. The molecule has 0 saturated carbocycles. The molecule has 0 radical (unpaired) electrons. The number of aryl methyl sites for hydroxylation is 2. The lowest BCUT2D eigenvalue weighted by Crippen LogP contribution is -1.90. The number of hydrogen-bond acceptors (Lipinski definition) is 3. The third kappa shape index (κ3) is 2.18. The van der Waals surface area contributed by atoms with Gasteiger partial charge in [-0.15, -0.1) is 0 Å². The molecule has 1 heterocycles. The molecule has 90 valence electrons. The third-order valence-electron chi connectivity index (χ3n) is 2.97. The van der Waals surface area contributed by atoms with Crippen LogP contribution in [0.5, 0.6) is 0 Å². The van der Waals surface area contributed by atoms with Gasteiger partial charge in [0.15, 0.2) is 0 Å². The maximum Gasteiger partial charge on any atom is 0.292 e. The number of oxazole rings is 1. The quantitative estimate of drug-likeness (QED) is 0.856. The molecule has 0 aliphatic carbocycles. The van der Waals surface area contributed by atoms with E-state index in [0.717, 1.165) is 17.0 Å². The Morgan fingerprint density at radius 2 is 1.88 bits per heavy atom. The molecule has 2 N–H and O–H groups in total. The van der Waals surface area contributed by atoms with Crippen molar-refractivity contribution in [3.63, 3.8) is 0 Å². The van der Waals surface area contributed by atoms with E-state index in [1.54, 1.807) is 0 Å². The van der Waals surface area contributed by atoms with Crippen molar-refractivity contribution in [2.24, 2.45) is 0 Å². The molecule has 17 heavy (non-hydrogen) atoms. The van der Waals surface area contributed by atoms with Gasteiger partial charge in [-0.2, -0.15) is 4.98 Å². The fraction of sp³-hybridized carbons (Fsp3) is 0.357. The first kappa shape index (κ1) is 11.7. The molecule has 1 aromatic heterocycles. The first-order valence-electron chi connectivity index (χ1n) is 5.83. The minimum absolute atomic E-state index is 0.238. The summed E-state index contributed by atoms with van der Waals surface area (Å²) in [5, 5.41) is 0. The summed E-state index contributed by atoms with van der Waals surface area (Å²) in [6, 6.07) is 6.52. The van der Waals surface area contributed by atoms with Crippen LogP contribution in [0.3, 0.4) is 0 Å². The summed E-state index contributed by atoms with van der Waals surface area (Å²) in [5.41, 5.74) is 10.1. The van der Waals surface area contributed by atoms with Gasteiger partial charge in [-0.25, -0.2) is 0 Å². The van der Waals surface area contributed by atoms with Crippen molar-refractivity contribution in [3.8, 4) is 11.3 Å². The average Bonchev–Trinajstić information content (AvgIpc) is 2.64. The number of nitrogens with zero attached hydrogens (tertiary/aromatic N) is 1. The molecule has 0 aliphatic heterocycles. The Morgan fingerprint density at radius 1 is 1.18 bits per heavy atom. The first-order valence-corrected chi connectivity index (χ1v) is 5.83. The number of rotatable bonds is 2. The summed E-state index contributed by atoms with van der Waals surface area (Å²) >= 11 is 0. The van der Waals surface area contributed by atoms with E-state index in [1.807, 2.05) is 0 Å². The number of aromatic nitrogens is 1. The van der Waals surface area contributed by atoms with Gasteiger partial charge >= 0.3 is 0 Å². The van der Waals surface area contributed by atoms with Gasteiger partial charge in [0.05, 0.1) is 0 Å². The zero-order valence-electron chi connectivity index (χ0n) is 10.7. The standard InChI is InChI=1S/C14H18N2O/c1-8(2)13-12(16-14(15)17-13)11-6-5-9(3)10(4)7-11/h5-8H,1-4H3,(H2,15,16). The van der Waals surface area contributed by atoms with Crippen LogP contribution in [0.4, 0.5) is 6.01 Å². The van der Waals surface area contributed by atoms with Crippen LogP contribution in [-0.2, 0) is 0 Å². The summed E-state index contributed by atoms with van der Waals surface area (Å²) in [6.07, 6.45) is 0. The molecule has 0 amide bonds. The van der Waals surface area contributed by atoms with Gasteiger partial charge in [0.2, 0.25) is 0 Å². The highest BCUT2D eigenvalue weighted by Crippen LogP contribution is 2.31. The number of nitrogen functional groups attached to an aromatic ring is 1. The van der Waals surface area contributed by atoms with Crippen LogP contribution in [0.15, 0.2) is 22.6 Å². The zero-order chi connectivity index (χ0) is 12.6.